The van der Waals surface area contributed by atoms with Gasteiger partial charge in [-0.15, -0.1) is 0 Å². The number of rotatable bonds is 0. The average Bonchev–Trinajstić information content (AvgIpc) is 2.09. The molecule has 0 spiro atoms. The number of hydrogen-bond donors (Lipinski definition) is 0. The largest absolute Gasteiger partial charge is 0.291 e. The first kappa shape index (κ1) is 13.1. The number of hydrogen-bond acceptors (Lipinski definition) is 1. The summed E-state index contributed by atoms with van der Waals surface area (Å²) in [5.41, 5.74) is 0. The first-order chi connectivity index (χ1) is 5.80. The molecule has 1 aliphatic rings. The van der Waals surface area contributed by atoms with Crippen molar-refractivity contribution in [1.82, 2.24) is 0 Å². The first-order valence-corrected chi connectivity index (χ1v) is 7.60. The Kier molecular flexibility index (Phi) is 4.52. The van der Waals surface area contributed by atoms with Crippen molar-refractivity contribution in [3.05, 3.63) is 17.9 Å². The Morgan fingerprint density at radius 3 is 1.77 bits per heavy atom. The Morgan fingerprint density at radius 2 is 1.31 bits per heavy atom. The van der Waals surface area contributed by atoms with Crippen LogP contribution in [0, 0.1) is 0 Å². The molecule has 1 nitrogen and oxygen atoms in total. The molecule has 0 bridgehead atoms. The van der Waals surface area contributed by atoms with Gasteiger partial charge in [0.25, 0.3) is 0 Å². The molecule has 0 amide bonds. The van der Waals surface area contributed by atoms with E-state index in [-0.39, 0.29) is 5.78 Å². The molecule has 0 heterocycles. The van der Waals surface area contributed by atoms with Crippen molar-refractivity contribution in [1.29, 1.82) is 0 Å². The molecule has 1 rings (SSSR count). The van der Waals surface area contributed by atoms with Crippen molar-refractivity contribution in [3.63, 3.8) is 0 Å². The number of alkyl halides is 2. The van der Waals surface area contributed by atoms with Gasteiger partial charge in [-0.3, -0.25) is 4.79 Å². The second kappa shape index (κ2) is 4.49. The summed E-state index contributed by atoms with van der Waals surface area (Å²) in [6.45, 7) is 0. The van der Waals surface area contributed by atoms with E-state index >= 15 is 0 Å². The van der Waals surface area contributed by atoms with E-state index in [1.54, 1.807) is 0 Å². The third-order valence-electron chi connectivity index (χ3n) is 1.34. The molecule has 13 heavy (non-hydrogen) atoms. The number of ketones is 1. The lowest BCUT2D eigenvalue weighted by atomic mass is 10.2. The third kappa shape index (κ3) is 2.25. The Morgan fingerprint density at radius 1 is 0.846 bits per heavy atom. The van der Waals surface area contributed by atoms with Gasteiger partial charge in [0.05, 0.1) is 8.96 Å². The summed E-state index contributed by atoms with van der Waals surface area (Å²) in [7, 11) is 0. The molecule has 0 radical (unpaired) electrons. The Hall–Kier alpha value is 2.03. The quantitative estimate of drug-likeness (QED) is 0.375. The Bertz CT molecular complexity index is 339. The Balaban J connectivity index is 3.41. The molecule has 0 aromatic rings. The highest BCUT2D eigenvalue weighted by atomic mass is 79.9. The molecule has 0 aromatic heterocycles. The van der Waals surface area contributed by atoms with Crippen LogP contribution in [0.15, 0.2) is 17.9 Å². The minimum absolute atomic E-state index is 0.102. The van der Waals surface area contributed by atoms with Gasteiger partial charge >= 0.3 is 0 Å². The van der Waals surface area contributed by atoms with E-state index in [2.05, 4.69) is 95.6 Å². The number of carbonyl (C=O) groups excluding carboxylic acids is 1. The van der Waals surface area contributed by atoms with Crippen LogP contribution in [0.5, 0.6) is 0 Å². The van der Waals surface area contributed by atoms with Crippen LogP contribution in [0.2, 0.25) is 0 Å². The van der Waals surface area contributed by atoms with Gasteiger partial charge in [0.15, 0.2) is 3.23 Å². The van der Waals surface area contributed by atoms with Crippen molar-refractivity contribution in [2.45, 2.75) is 3.23 Å². The predicted molar refractivity (Wildman–Crippen MR) is 75.4 cm³/mol. The lowest BCUT2D eigenvalue weighted by Gasteiger charge is -2.24. The monoisotopic (exact) mass is 562 g/mol. The zero-order chi connectivity index (χ0) is 10.4. The predicted octanol–water partition coefficient (Wildman–Crippen LogP) is 5.06. The topological polar surface area (TPSA) is 17.1 Å². The van der Waals surface area contributed by atoms with Gasteiger partial charge < -0.3 is 0 Å². The molecule has 0 aliphatic heterocycles. The van der Waals surface area contributed by atoms with E-state index < -0.39 is 3.23 Å². The zero-order valence-corrected chi connectivity index (χ0v) is 15.2. The summed E-state index contributed by atoms with van der Waals surface area (Å²) in [5.74, 6) is -0.102. The van der Waals surface area contributed by atoms with Gasteiger partial charge in [-0.2, -0.15) is 0 Å². The van der Waals surface area contributed by atoms with E-state index in [0.717, 1.165) is 4.48 Å². The maximum atomic E-state index is 11.7. The van der Waals surface area contributed by atoms with E-state index in [4.69, 9.17) is 0 Å². The van der Waals surface area contributed by atoms with Gasteiger partial charge in [0.1, 0.15) is 0 Å². The molecule has 72 valence electrons. The highest BCUT2D eigenvalue weighted by molar-refractivity contribution is 9.27. The molecular weight excluding hydrogens is 567 g/mol. The van der Waals surface area contributed by atoms with Crippen LogP contribution >= 0.6 is 95.6 Å². The molecule has 0 N–H and O–H groups in total. The molecule has 7 heteroatoms. The smallest absolute Gasteiger partial charge is 0.203 e. The van der Waals surface area contributed by atoms with Crippen LogP contribution in [0.1, 0.15) is 0 Å². The van der Waals surface area contributed by atoms with Crippen LogP contribution < -0.4 is 0 Å². The summed E-state index contributed by atoms with van der Waals surface area (Å²) in [4.78, 5) is 11.7. The van der Waals surface area contributed by atoms with Crippen molar-refractivity contribution in [3.8, 4) is 0 Å². The van der Waals surface area contributed by atoms with Crippen LogP contribution in [0.4, 0.5) is 0 Å². The van der Waals surface area contributed by atoms with E-state index in [1.807, 2.05) is 0 Å². The standard InChI is InChI=1S/C6Br6O/c7-1-2(8)4(10)6(11,12)5(13)3(1)9. The lowest BCUT2D eigenvalue weighted by molar-refractivity contribution is -0.114. The van der Waals surface area contributed by atoms with Gasteiger partial charge in [-0.05, 0) is 47.8 Å². The summed E-state index contributed by atoms with van der Waals surface area (Å²) in [6, 6.07) is 0. The molecule has 0 fully saturated rings. The van der Waals surface area contributed by atoms with Crippen LogP contribution in [0.3, 0.4) is 0 Å². The SMILES string of the molecule is O=C1C(Br)=C(Br)C(Br)=C(Br)C1(Br)Br. The molecule has 0 aromatic carbocycles. The van der Waals surface area contributed by atoms with Gasteiger partial charge in [-0.1, -0.05) is 47.8 Å². The highest BCUT2D eigenvalue weighted by Gasteiger charge is 2.43. The molecular formula is C6Br6O. The van der Waals surface area contributed by atoms with Crippen molar-refractivity contribution < 1.29 is 4.79 Å². The van der Waals surface area contributed by atoms with Crippen molar-refractivity contribution >= 4 is 101 Å². The van der Waals surface area contributed by atoms with Gasteiger partial charge in [0, 0.05) is 8.96 Å². The van der Waals surface area contributed by atoms with E-state index in [0.29, 0.717) is 13.4 Å². The second-order valence-electron chi connectivity index (χ2n) is 2.16. The number of carbonyl (C=O) groups is 1. The first-order valence-electron chi connectivity index (χ1n) is 2.84. The van der Waals surface area contributed by atoms with Gasteiger partial charge in [0.2, 0.25) is 5.78 Å². The fourth-order valence-electron chi connectivity index (χ4n) is 0.668. The average molecular weight is 567 g/mol. The highest BCUT2D eigenvalue weighted by Crippen LogP contribution is 2.51. The maximum absolute atomic E-state index is 11.7. The fourth-order valence-corrected chi connectivity index (χ4v) is 4.80. The molecule has 0 unspecified atom stereocenters. The third-order valence-corrected chi connectivity index (χ3v) is 8.85. The summed E-state index contributed by atoms with van der Waals surface area (Å²) in [6.07, 6.45) is 0. The minimum Gasteiger partial charge on any atom is -0.291 e. The summed E-state index contributed by atoms with van der Waals surface area (Å²) < 4.78 is 1.78. The summed E-state index contributed by atoms with van der Waals surface area (Å²) in [5, 5.41) is 0. The van der Waals surface area contributed by atoms with Crippen LogP contribution in [-0.4, -0.2) is 9.02 Å². The molecule has 0 atom stereocenters. The van der Waals surface area contributed by atoms with Gasteiger partial charge in [-0.25, -0.2) is 0 Å². The zero-order valence-electron chi connectivity index (χ0n) is 5.68. The van der Waals surface area contributed by atoms with Crippen LogP contribution in [-0.2, 0) is 4.79 Å². The lowest BCUT2D eigenvalue weighted by Crippen LogP contribution is -2.29. The van der Waals surface area contributed by atoms with E-state index in [1.165, 1.54) is 0 Å². The molecule has 0 saturated carbocycles. The number of allylic oxidation sites excluding steroid dienone is 4. The number of Topliss-reactive ketones (excluding diaryl/α,β-unsaturated/α-hetero) is 1. The fraction of sp³-hybridized carbons (Fsp3) is 0.167. The van der Waals surface area contributed by atoms with Crippen molar-refractivity contribution in [2.75, 3.05) is 0 Å². The Labute approximate surface area is 126 Å². The van der Waals surface area contributed by atoms with Crippen molar-refractivity contribution in [2.24, 2.45) is 0 Å². The summed E-state index contributed by atoms with van der Waals surface area (Å²) >= 11 is 19.7. The second-order valence-corrected chi connectivity index (χ2v) is 8.77. The number of halogens is 6. The van der Waals surface area contributed by atoms with E-state index in [9.17, 15) is 4.79 Å². The molecule has 0 saturated heterocycles. The molecule has 1 aliphatic carbocycles. The minimum atomic E-state index is -0.880. The normalized spacial score (nSPS) is 22.8. The maximum Gasteiger partial charge on any atom is 0.203 e. The van der Waals surface area contributed by atoms with Crippen LogP contribution in [0.25, 0.3) is 0 Å².